The van der Waals surface area contributed by atoms with E-state index in [2.05, 4.69) is 20.8 Å². The Bertz CT molecular complexity index is 966. The van der Waals surface area contributed by atoms with Gasteiger partial charge in [-0.1, -0.05) is 278 Å². The van der Waals surface area contributed by atoms with Gasteiger partial charge in [-0.25, -0.2) is 0 Å². The molecule has 61 heavy (non-hydrogen) atoms. The Hall–Kier alpha value is -1.11. The molecule has 0 saturated carbocycles. The van der Waals surface area contributed by atoms with Crippen LogP contribution in [0.1, 0.15) is 316 Å². The van der Waals surface area contributed by atoms with Crippen molar-refractivity contribution in [1.29, 1.82) is 0 Å². The van der Waals surface area contributed by atoms with Gasteiger partial charge in [0, 0.05) is 19.3 Å². The molecule has 362 valence electrons. The lowest BCUT2D eigenvalue weighted by Crippen LogP contribution is -2.63. The highest BCUT2D eigenvalue weighted by atomic mass is 16.4. The Morgan fingerprint density at radius 2 is 0.459 bits per heavy atom. The lowest BCUT2D eigenvalue weighted by Gasteiger charge is -2.34. The van der Waals surface area contributed by atoms with Crippen molar-refractivity contribution in [2.45, 2.75) is 334 Å². The van der Waals surface area contributed by atoms with E-state index in [4.69, 9.17) is 0 Å². The first-order valence-electron chi connectivity index (χ1n) is 27.4. The fraction of sp³-hybridized carbons (Fsp3) is 0.945. The van der Waals surface area contributed by atoms with Crippen LogP contribution in [-0.4, -0.2) is 50.5 Å². The van der Waals surface area contributed by atoms with Gasteiger partial charge in [0.1, 0.15) is 0 Å². The van der Waals surface area contributed by atoms with Crippen molar-refractivity contribution in [2.75, 3.05) is 0 Å². The summed E-state index contributed by atoms with van der Waals surface area (Å²) in [7, 11) is 0. The van der Waals surface area contributed by atoms with Crippen LogP contribution < -0.4 is 0 Å². The minimum absolute atomic E-state index is 0.0213. The minimum atomic E-state index is -2.80. The van der Waals surface area contributed by atoms with E-state index in [-0.39, 0.29) is 19.3 Å². The number of hydrogen-bond acceptors (Lipinski definition) is 6. The van der Waals surface area contributed by atoms with Gasteiger partial charge < -0.3 is 15.3 Å². The number of hydrogen-bond donors (Lipinski definition) is 3. The highest BCUT2D eigenvalue weighted by Gasteiger charge is 2.53. The number of ketones is 3. The van der Waals surface area contributed by atoms with E-state index in [1.54, 1.807) is 0 Å². The van der Waals surface area contributed by atoms with Crippen molar-refractivity contribution in [2.24, 2.45) is 0 Å². The Labute approximate surface area is 379 Å². The SMILES string of the molecule is CCCCCCCCCCCCCCCCCC(=O)C(O)C(O)(C(=O)CCCCCCCCCCCCCCCCC)C(O)C(=O)CCCCCCCCCCCCCCC. The van der Waals surface area contributed by atoms with Gasteiger partial charge in [-0.05, 0) is 19.3 Å². The van der Waals surface area contributed by atoms with Gasteiger partial charge >= 0.3 is 0 Å². The molecular formula is C55H106O6. The van der Waals surface area contributed by atoms with Crippen LogP contribution in [0.5, 0.6) is 0 Å². The summed E-state index contributed by atoms with van der Waals surface area (Å²) in [6.45, 7) is 6.76. The number of carbonyl (C=O) groups is 3. The molecule has 3 atom stereocenters. The monoisotopic (exact) mass is 863 g/mol. The molecule has 0 spiro atoms. The van der Waals surface area contributed by atoms with Crippen molar-refractivity contribution < 1.29 is 29.7 Å². The van der Waals surface area contributed by atoms with Crippen LogP contribution in [0.3, 0.4) is 0 Å². The molecule has 0 bridgehead atoms. The van der Waals surface area contributed by atoms with E-state index in [1.165, 1.54) is 199 Å². The normalized spacial score (nSPS) is 13.7. The predicted molar refractivity (Wildman–Crippen MR) is 261 cm³/mol. The van der Waals surface area contributed by atoms with Crippen LogP contribution in [0.15, 0.2) is 0 Å². The van der Waals surface area contributed by atoms with Gasteiger partial charge in [0.05, 0.1) is 0 Å². The number of rotatable bonds is 51. The summed E-state index contributed by atoms with van der Waals surface area (Å²) in [5, 5.41) is 34.1. The predicted octanol–water partition coefficient (Wildman–Crippen LogP) is 16.2. The van der Waals surface area contributed by atoms with E-state index < -0.39 is 35.2 Å². The minimum Gasteiger partial charge on any atom is -0.382 e. The summed E-state index contributed by atoms with van der Waals surface area (Å²) in [6.07, 6.45) is 46.8. The van der Waals surface area contributed by atoms with E-state index in [1.807, 2.05) is 0 Å². The van der Waals surface area contributed by atoms with E-state index in [0.717, 1.165) is 57.8 Å². The van der Waals surface area contributed by atoms with Crippen molar-refractivity contribution in [1.82, 2.24) is 0 Å². The van der Waals surface area contributed by atoms with Crippen molar-refractivity contribution in [3.05, 3.63) is 0 Å². The van der Waals surface area contributed by atoms with Crippen LogP contribution in [-0.2, 0) is 14.4 Å². The highest BCUT2D eigenvalue weighted by Crippen LogP contribution is 2.26. The number of carbonyl (C=O) groups excluding carboxylic acids is 3. The number of aliphatic hydroxyl groups is 3. The lowest BCUT2D eigenvalue weighted by molar-refractivity contribution is -0.181. The molecule has 3 unspecified atom stereocenters. The molecule has 0 aliphatic rings. The van der Waals surface area contributed by atoms with Crippen LogP contribution in [0.2, 0.25) is 0 Å². The van der Waals surface area contributed by atoms with E-state index in [9.17, 15) is 29.7 Å². The third-order valence-electron chi connectivity index (χ3n) is 13.5. The average molecular weight is 863 g/mol. The van der Waals surface area contributed by atoms with Crippen molar-refractivity contribution in [3.63, 3.8) is 0 Å². The molecule has 0 saturated heterocycles. The zero-order valence-electron chi connectivity index (χ0n) is 41.2. The molecule has 0 rings (SSSR count). The third kappa shape index (κ3) is 34.9. The smallest absolute Gasteiger partial charge is 0.189 e. The van der Waals surface area contributed by atoms with Gasteiger partial charge in [0.2, 0.25) is 0 Å². The molecule has 3 N–H and O–H groups in total. The van der Waals surface area contributed by atoms with E-state index in [0.29, 0.717) is 19.3 Å². The molecule has 0 aromatic heterocycles. The fourth-order valence-electron chi connectivity index (χ4n) is 9.06. The molecule has 0 heterocycles. The summed E-state index contributed by atoms with van der Waals surface area (Å²) in [4.78, 5) is 40.1. The number of aliphatic hydroxyl groups excluding tert-OH is 2. The molecule has 0 aromatic rings. The second-order valence-electron chi connectivity index (χ2n) is 19.4. The quantitative estimate of drug-likeness (QED) is 0.0525. The zero-order chi connectivity index (χ0) is 44.9. The molecule has 0 aromatic carbocycles. The molecule has 0 aliphatic heterocycles. The summed E-state index contributed by atoms with van der Waals surface area (Å²) in [6, 6.07) is 0. The third-order valence-corrected chi connectivity index (χ3v) is 13.5. The molecule has 0 radical (unpaired) electrons. The molecule has 0 aliphatic carbocycles. The first-order valence-corrected chi connectivity index (χ1v) is 27.4. The summed E-state index contributed by atoms with van der Waals surface area (Å²) in [5.74, 6) is -2.10. The van der Waals surface area contributed by atoms with Gasteiger partial charge in [-0.3, -0.25) is 14.4 Å². The first-order chi connectivity index (χ1) is 29.8. The summed E-state index contributed by atoms with van der Waals surface area (Å²) >= 11 is 0. The maximum absolute atomic E-state index is 13.6. The fourth-order valence-corrected chi connectivity index (χ4v) is 9.06. The van der Waals surface area contributed by atoms with Gasteiger partial charge in [0.15, 0.2) is 35.2 Å². The van der Waals surface area contributed by atoms with Crippen LogP contribution >= 0.6 is 0 Å². The van der Waals surface area contributed by atoms with Gasteiger partial charge in [0.25, 0.3) is 0 Å². The first kappa shape index (κ1) is 59.9. The Morgan fingerprint density at radius 1 is 0.295 bits per heavy atom. The highest BCUT2D eigenvalue weighted by molar-refractivity contribution is 6.01. The molecule has 0 fully saturated rings. The zero-order valence-corrected chi connectivity index (χ0v) is 41.2. The van der Waals surface area contributed by atoms with Crippen molar-refractivity contribution >= 4 is 17.3 Å². The van der Waals surface area contributed by atoms with Gasteiger partial charge in [-0.2, -0.15) is 0 Å². The maximum Gasteiger partial charge on any atom is 0.189 e. The summed E-state index contributed by atoms with van der Waals surface area (Å²) in [5.41, 5.74) is -2.80. The summed E-state index contributed by atoms with van der Waals surface area (Å²) < 4.78 is 0. The second kappa shape index (κ2) is 45.5. The standard InChI is InChI=1S/C55H106O6/c1-4-7-10-13-16-19-22-25-27-30-33-36-39-42-45-48-51(57)54(60)55(61,52(58)49-46-43-40-37-34-31-28-26-23-20-17-14-11-8-5-2)53(59)50(56)47-44-41-38-35-32-29-24-21-18-15-12-9-6-3/h53-54,59-61H,4-49H2,1-3H3. The largest absolute Gasteiger partial charge is 0.382 e. The number of unbranched alkanes of at least 4 members (excludes halogenated alkanes) is 40. The average Bonchev–Trinajstić information content (AvgIpc) is 3.26. The van der Waals surface area contributed by atoms with Crippen LogP contribution in [0, 0.1) is 0 Å². The lowest BCUT2D eigenvalue weighted by atomic mass is 9.78. The topological polar surface area (TPSA) is 112 Å². The molecular weight excluding hydrogens is 757 g/mol. The Kier molecular flexibility index (Phi) is 44.6. The molecule has 6 nitrogen and oxygen atoms in total. The van der Waals surface area contributed by atoms with Crippen LogP contribution in [0.25, 0.3) is 0 Å². The molecule has 6 heteroatoms. The van der Waals surface area contributed by atoms with Crippen molar-refractivity contribution in [3.8, 4) is 0 Å². The van der Waals surface area contributed by atoms with Gasteiger partial charge in [-0.15, -0.1) is 0 Å². The number of Topliss-reactive ketones (excluding diaryl/α,β-unsaturated/α-hetero) is 3. The Morgan fingerprint density at radius 3 is 0.656 bits per heavy atom. The Balaban J connectivity index is 4.73. The molecule has 0 amide bonds. The maximum atomic E-state index is 13.6. The van der Waals surface area contributed by atoms with Crippen LogP contribution in [0.4, 0.5) is 0 Å². The van der Waals surface area contributed by atoms with E-state index >= 15 is 0 Å². The second-order valence-corrected chi connectivity index (χ2v) is 19.4.